The number of carbonyl (C=O) groups is 2. The van der Waals surface area contributed by atoms with Gasteiger partial charge in [-0.15, -0.1) is 6.58 Å². The third-order valence-corrected chi connectivity index (χ3v) is 1.97. The predicted molar refractivity (Wildman–Crippen MR) is 48.8 cm³/mol. The molecule has 1 saturated heterocycles. The van der Waals surface area contributed by atoms with E-state index in [0.29, 0.717) is 19.6 Å². The molecule has 14 heavy (non-hydrogen) atoms. The Morgan fingerprint density at radius 3 is 3.07 bits per heavy atom. The maximum atomic E-state index is 11.5. The zero-order chi connectivity index (χ0) is 10.6. The maximum Gasteiger partial charge on any atom is 0.323 e. The van der Waals surface area contributed by atoms with Gasteiger partial charge in [0.1, 0.15) is 12.6 Å². The van der Waals surface area contributed by atoms with Crippen LogP contribution in [0.25, 0.3) is 0 Å². The van der Waals surface area contributed by atoms with Crippen LogP contribution in [0.1, 0.15) is 6.42 Å². The van der Waals surface area contributed by atoms with Crippen molar-refractivity contribution in [1.29, 1.82) is 0 Å². The molecule has 0 aromatic heterocycles. The van der Waals surface area contributed by atoms with Gasteiger partial charge in [-0.25, -0.2) is 0 Å². The lowest BCUT2D eigenvalue weighted by molar-refractivity contribution is -0.158. The zero-order valence-corrected chi connectivity index (χ0v) is 7.81. The Kier molecular flexibility index (Phi) is 3.64. The van der Waals surface area contributed by atoms with E-state index in [1.165, 1.54) is 4.90 Å². The summed E-state index contributed by atoms with van der Waals surface area (Å²) in [6.45, 7) is 3.99. The monoisotopic (exact) mass is 199 g/mol. The van der Waals surface area contributed by atoms with E-state index in [-0.39, 0.29) is 12.5 Å². The molecule has 1 rings (SSSR count). The van der Waals surface area contributed by atoms with E-state index in [1.807, 2.05) is 0 Å². The SMILES string of the molecule is C=CC[C@H]1OCCN(CC(=O)O)C1=O. The fraction of sp³-hybridized carbons (Fsp3) is 0.556. The summed E-state index contributed by atoms with van der Waals surface area (Å²) >= 11 is 0. The summed E-state index contributed by atoms with van der Waals surface area (Å²) in [7, 11) is 0. The topological polar surface area (TPSA) is 66.8 Å². The molecule has 1 atom stereocenters. The van der Waals surface area contributed by atoms with Gasteiger partial charge in [0.2, 0.25) is 0 Å². The number of hydrogen-bond donors (Lipinski definition) is 1. The minimum absolute atomic E-state index is 0.254. The Labute approximate surface area is 82.0 Å². The lowest BCUT2D eigenvalue weighted by Crippen LogP contribution is -2.49. The van der Waals surface area contributed by atoms with Crippen molar-refractivity contribution in [2.75, 3.05) is 19.7 Å². The number of rotatable bonds is 4. The molecule has 1 heterocycles. The standard InChI is InChI=1S/C9H13NO4/c1-2-3-7-9(13)10(4-5-14-7)6-8(11)12/h2,7H,1,3-6H2,(H,11,12)/t7-/m1/s1. The van der Waals surface area contributed by atoms with Gasteiger partial charge < -0.3 is 14.7 Å². The van der Waals surface area contributed by atoms with Gasteiger partial charge in [0.25, 0.3) is 5.91 Å². The highest BCUT2D eigenvalue weighted by Gasteiger charge is 2.29. The Morgan fingerprint density at radius 1 is 1.79 bits per heavy atom. The third kappa shape index (κ3) is 2.56. The average Bonchev–Trinajstić information content (AvgIpc) is 2.11. The summed E-state index contributed by atoms with van der Waals surface area (Å²) in [6.07, 6.45) is 1.46. The Hall–Kier alpha value is -1.36. The summed E-state index contributed by atoms with van der Waals surface area (Å²) in [5, 5.41) is 8.54. The zero-order valence-electron chi connectivity index (χ0n) is 7.81. The van der Waals surface area contributed by atoms with Gasteiger partial charge in [0, 0.05) is 13.0 Å². The molecule has 1 N–H and O–H groups in total. The van der Waals surface area contributed by atoms with Gasteiger partial charge in [0.05, 0.1) is 6.61 Å². The van der Waals surface area contributed by atoms with Crippen molar-refractivity contribution in [2.24, 2.45) is 0 Å². The molecule has 1 fully saturated rings. The lowest BCUT2D eigenvalue weighted by atomic mass is 10.2. The van der Waals surface area contributed by atoms with Crippen LogP contribution in [-0.4, -0.2) is 47.7 Å². The Bertz CT molecular complexity index is 251. The molecule has 1 aliphatic rings. The van der Waals surface area contributed by atoms with Crippen molar-refractivity contribution in [1.82, 2.24) is 4.90 Å². The van der Waals surface area contributed by atoms with Crippen molar-refractivity contribution in [3.8, 4) is 0 Å². The number of hydrogen-bond acceptors (Lipinski definition) is 3. The van der Waals surface area contributed by atoms with Crippen molar-refractivity contribution in [3.05, 3.63) is 12.7 Å². The van der Waals surface area contributed by atoms with Crippen LogP contribution in [0.3, 0.4) is 0 Å². The molecule has 5 nitrogen and oxygen atoms in total. The molecular formula is C9H13NO4. The summed E-state index contributed by atoms with van der Waals surface area (Å²) < 4.78 is 5.19. The molecule has 5 heteroatoms. The second-order valence-corrected chi connectivity index (χ2v) is 3.04. The second-order valence-electron chi connectivity index (χ2n) is 3.04. The van der Waals surface area contributed by atoms with Crippen LogP contribution in [0.15, 0.2) is 12.7 Å². The summed E-state index contributed by atoms with van der Waals surface area (Å²) in [4.78, 5) is 23.3. The van der Waals surface area contributed by atoms with E-state index in [2.05, 4.69) is 6.58 Å². The molecule has 0 aromatic carbocycles. The minimum Gasteiger partial charge on any atom is -0.480 e. The van der Waals surface area contributed by atoms with Crippen molar-refractivity contribution in [3.63, 3.8) is 0 Å². The molecule has 1 aliphatic heterocycles. The third-order valence-electron chi connectivity index (χ3n) is 1.97. The first-order valence-corrected chi connectivity index (χ1v) is 4.38. The quantitative estimate of drug-likeness (QED) is 0.641. The van der Waals surface area contributed by atoms with E-state index in [9.17, 15) is 9.59 Å². The van der Waals surface area contributed by atoms with Gasteiger partial charge in [-0.1, -0.05) is 6.08 Å². The van der Waals surface area contributed by atoms with Gasteiger partial charge in [-0.05, 0) is 0 Å². The summed E-state index contributed by atoms with van der Waals surface area (Å²) in [5.41, 5.74) is 0. The number of aliphatic carboxylic acids is 1. The molecule has 0 bridgehead atoms. The number of carboxylic acid groups (broad SMARTS) is 1. The molecule has 0 radical (unpaired) electrons. The van der Waals surface area contributed by atoms with E-state index < -0.39 is 12.1 Å². The Balaban J connectivity index is 2.56. The predicted octanol–water partition coefficient (Wildman–Crippen LogP) is -0.126. The van der Waals surface area contributed by atoms with Crippen LogP contribution in [0.5, 0.6) is 0 Å². The lowest BCUT2D eigenvalue weighted by Gasteiger charge is -2.30. The largest absolute Gasteiger partial charge is 0.480 e. The van der Waals surface area contributed by atoms with Crippen LogP contribution in [-0.2, 0) is 14.3 Å². The van der Waals surface area contributed by atoms with Crippen molar-refractivity contribution < 1.29 is 19.4 Å². The smallest absolute Gasteiger partial charge is 0.323 e. The van der Waals surface area contributed by atoms with E-state index in [0.717, 1.165) is 0 Å². The van der Waals surface area contributed by atoms with Crippen LogP contribution in [0.4, 0.5) is 0 Å². The fourth-order valence-electron chi connectivity index (χ4n) is 1.33. The summed E-state index contributed by atoms with van der Waals surface area (Å²) in [6, 6.07) is 0. The number of nitrogens with zero attached hydrogens (tertiary/aromatic N) is 1. The molecule has 0 unspecified atom stereocenters. The average molecular weight is 199 g/mol. The highest BCUT2D eigenvalue weighted by molar-refractivity contribution is 5.85. The maximum absolute atomic E-state index is 11.5. The van der Waals surface area contributed by atoms with Gasteiger partial charge in [0.15, 0.2) is 0 Å². The number of carboxylic acids is 1. The van der Waals surface area contributed by atoms with Gasteiger partial charge >= 0.3 is 5.97 Å². The van der Waals surface area contributed by atoms with Crippen LogP contribution < -0.4 is 0 Å². The van der Waals surface area contributed by atoms with Crippen LogP contribution in [0, 0.1) is 0 Å². The Morgan fingerprint density at radius 2 is 2.50 bits per heavy atom. The number of amides is 1. The molecule has 78 valence electrons. The number of morpholine rings is 1. The first-order chi connectivity index (χ1) is 6.65. The highest BCUT2D eigenvalue weighted by atomic mass is 16.5. The van der Waals surface area contributed by atoms with Crippen molar-refractivity contribution in [2.45, 2.75) is 12.5 Å². The second kappa shape index (κ2) is 4.76. The minimum atomic E-state index is -1.00. The normalized spacial score (nSPS) is 22.1. The molecule has 0 aliphatic carbocycles. The molecule has 1 amide bonds. The molecule has 0 saturated carbocycles. The van der Waals surface area contributed by atoms with Gasteiger partial charge in [-0.3, -0.25) is 9.59 Å². The fourth-order valence-corrected chi connectivity index (χ4v) is 1.33. The highest BCUT2D eigenvalue weighted by Crippen LogP contribution is 2.10. The molecule has 0 aromatic rings. The van der Waals surface area contributed by atoms with E-state index in [4.69, 9.17) is 9.84 Å². The molecule has 0 spiro atoms. The number of ether oxygens (including phenoxy) is 1. The first kappa shape index (κ1) is 10.7. The van der Waals surface area contributed by atoms with E-state index in [1.54, 1.807) is 6.08 Å². The first-order valence-electron chi connectivity index (χ1n) is 4.38. The van der Waals surface area contributed by atoms with Gasteiger partial charge in [-0.2, -0.15) is 0 Å². The number of carbonyl (C=O) groups excluding carboxylic acids is 1. The van der Waals surface area contributed by atoms with Crippen LogP contribution in [0.2, 0.25) is 0 Å². The van der Waals surface area contributed by atoms with Crippen LogP contribution >= 0.6 is 0 Å². The summed E-state index contributed by atoms with van der Waals surface area (Å²) in [5.74, 6) is -1.27. The molecular weight excluding hydrogens is 186 g/mol. The van der Waals surface area contributed by atoms with E-state index >= 15 is 0 Å². The van der Waals surface area contributed by atoms with Crippen molar-refractivity contribution >= 4 is 11.9 Å².